The van der Waals surface area contributed by atoms with E-state index in [2.05, 4.69) is 62.4 Å². The van der Waals surface area contributed by atoms with E-state index < -0.39 is 0 Å². The van der Waals surface area contributed by atoms with Crippen molar-refractivity contribution in [2.45, 2.75) is 26.3 Å². The SMILES string of the molecule is CC(C)c1cccc(-c2ccc(CN)cc2)c1. The van der Waals surface area contributed by atoms with Crippen molar-refractivity contribution >= 4 is 0 Å². The van der Waals surface area contributed by atoms with E-state index in [-0.39, 0.29) is 0 Å². The van der Waals surface area contributed by atoms with Crippen LogP contribution in [0.4, 0.5) is 0 Å². The van der Waals surface area contributed by atoms with Crippen LogP contribution in [-0.2, 0) is 6.54 Å². The first-order chi connectivity index (χ1) is 8.20. The minimum atomic E-state index is 0.568. The molecule has 0 atom stereocenters. The summed E-state index contributed by atoms with van der Waals surface area (Å²) < 4.78 is 0. The molecular weight excluding hydrogens is 206 g/mol. The van der Waals surface area contributed by atoms with Crippen molar-refractivity contribution in [1.29, 1.82) is 0 Å². The van der Waals surface area contributed by atoms with Crippen molar-refractivity contribution in [2.24, 2.45) is 5.73 Å². The standard InChI is InChI=1S/C16H19N/c1-12(2)15-4-3-5-16(10-15)14-8-6-13(11-17)7-9-14/h3-10,12H,11,17H2,1-2H3. The first-order valence-electron chi connectivity index (χ1n) is 6.10. The molecule has 0 aliphatic carbocycles. The Bertz CT molecular complexity index is 483. The molecule has 0 unspecified atom stereocenters. The Morgan fingerprint density at radius 1 is 0.941 bits per heavy atom. The highest BCUT2D eigenvalue weighted by Crippen LogP contribution is 2.24. The Balaban J connectivity index is 2.35. The number of hydrogen-bond donors (Lipinski definition) is 1. The normalized spacial score (nSPS) is 10.8. The predicted octanol–water partition coefficient (Wildman–Crippen LogP) is 3.94. The molecule has 0 bridgehead atoms. The lowest BCUT2D eigenvalue weighted by Crippen LogP contribution is -1.95. The summed E-state index contributed by atoms with van der Waals surface area (Å²) in [6, 6.07) is 17.2. The molecule has 0 saturated heterocycles. The maximum absolute atomic E-state index is 5.60. The van der Waals surface area contributed by atoms with Crippen LogP contribution in [0.15, 0.2) is 48.5 Å². The van der Waals surface area contributed by atoms with Crippen LogP contribution >= 0.6 is 0 Å². The first kappa shape index (κ1) is 11.9. The molecule has 88 valence electrons. The van der Waals surface area contributed by atoms with Crippen molar-refractivity contribution in [2.75, 3.05) is 0 Å². The Hall–Kier alpha value is -1.60. The zero-order valence-electron chi connectivity index (χ0n) is 10.5. The average molecular weight is 225 g/mol. The van der Waals surface area contributed by atoms with E-state index in [1.165, 1.54) is 22.3 Å². The average Bonchev–Trinajstić information content (AvgIpc) is 2.39. The highest BCUT2D eigenvalue weighted by Gasteiger charge is 2.02. The quantitative estimate of drug-likeness (QED) is 0.841. The molecule has 2 aromatic carbocycles. The van der Waals surface area contributed by atoms with Gasteiger partial charge in [-0.15, -0.1) is 0 Å². The van der Waals surface area contributed by atoms with Gasteiger partial charge in [0.05, 0.1) is 0 Å². The molecule has 0 amide bonds. The second kappa shape index (κ2) is 5.15. The van der Waals surface area contributed by atoms with Gasteiger partial charge in [0, 0.05) is 6.54 Å². The molecular formula is C16H19N. The third-order valence-corrected chi connectivity index (χ3v) is 3.08. The van der Waals surface area contributed by atoms with Crippen molar-refractivity contribution < 1.29 is 0 Å². The lowest BCUT2D eigenvalue weighted by molar-refractivity contribution is 0.867. The van der Waals surface area contributed by atoms with E-state index in [1.54, 1.807) is 0 Å². The molecule has 1 nitrogen and oxygen atoms in total. The summed E-state index contributed by atoms with van der Waals surface area (Å²) >= 11 is 0. The molecule has 0 spiro atoms. The summed E-state index contributed by atoms with van der Waals surface area (Å²) in [5, 5.41) is 0. The molecule has 0 heterocycles. The first-order valence-corrected chi connectivity index (χ1v) is 6.10. The molecule has 0 aliphatic rings. The van der Waals surface area contributed by atoms with Gasteiger partial charge in [-0.25, -0.2) is 0 Å². The summed E-state index contributed by atoms with van der Waals surface area (Å²) in [6.07, 6.45) is 0. The zero-order valence-corrected chi connectivity index (χ0v) is 10.5. The van der Waals surface area contributed by atoms with Gasteiger partial charge in [0.1, 0.15) is 0 Å². The minimum absolute atomic E-state index is 0.568. The molecule has 2 rings (SSSR count). The highest BCUT2D eigenvalue weighted by atomic mass is 14.5. The molecule has 0 saturated carbocycles. The van der Waals surface area contributed by atoms with E-state index in [9.17, 15) is 0 Å². The zero-order chi connectivity index (χ0) is 12.3. The largest absolute Gasteiger partial charge is 0.326 e. The Kier molecular flexibility index (Phi) is 3.60. The smallest absolute Gasteiger partial charge is 0.0178 e. The van der Waals surface area contributed by atoms with Gasteiger partial charge in [-0.1, -0.05) is 62.4 Å². The summed E-state index contributed by atoms with van der Waals surface area (Å²) in [5.41, 5.74) is 10.7. The summed E-state index contributed by atoms with van der Waals surface area (Å²) in [5.74, 6) is 0.568. The fraction of sp³-hybridized carbons (Fsp3) is 0.250. The van der Waals surface area contributed by atoms with Crippen LogP contribution < -0.4 is 5.73 Å². The van der Waals surface area contributed by atoms with Crippen molar-refractivity contribution in [3.05, 3.63) is 59.7 Å². The second-order valence-corrected chi connectivity index (χ2v) is 4.68. The van der Waals surface area contributed by atoms with Gasteiger partial charge >= 0.3 is 0 Å². The van der Waals surface area contributed by atoms with E-state index in [0.717, 1.165) is 0 Å². The summed E-state index contributed by atoms with van der Waals surface area (Å²) in [6.45, 7) is 5.04. The molecule has 0 fully saturated rings. The van der Waals surface area contributed by atoms with Crippen LogP contribution in [0, 0.1) is 0 Å². The summed E-state index contributed by atoms with van der Waals surface area (Å²) in [7, 11) is 0. The Morgan fingerprint density at radius 3 is 2.24 bits per heavy atom. The van der Waals surface area contributed by atoms with Crippen LogP contribution in [0.5, 0.6) is 0 Å². The van der Waals surface area contributed by atoms with Gasteiger partial charge in [0.2, 0.25) is 0 Å². The van der Waals surface area contributed by atoms with Gasteiger partial charge in [-0.3, -0.25) is 0 Å². The Labute approximate surface area is 103 Å². The Morgan fingerprint density at radius 2 is 1.65 bits per heavy atom. The lowest BCUT2D eigenvalue weighted by atomic mass is 9.97. The maximum Gasteiger partial charge on any atom is 0.0178 e. The summed E-state index contributed by atoms with van der Waals surface area (Å²) in [4.78, 5) is 0. The number of hydrogen-bond acceptors (Lipinski definition) is 1. The van der Waals surface area contributed by atoms with Gasteiger partial charge in [-0.2, -0.15) is 0 Å². The molecule has 1 heteroatoms. The molecule has 0 radical (unpaired) electrons. The predicted molar refractivity (Wildman–Crippen MR) is 73.9 cm³/mol. The van der Waals surface area contributed by atoms with Crippen LogP contribution in [0.25, 0.3) is 11.1 Å². The molecule has 17 heavy (non-hydrogen) atoms. The lowest BCUT2D eigenvalue weighted by Gasteiger charge is -2.08. The van der Waals surface area contributed by atoms with Crippen molar-refractivity contribution in [3.8, 4) is 11.1 Å². The molecule has 2 aromatic rings. The van der Waals surface area contributed by atoms with E-state index in [0.29, 0.717) is 12.5 Å². The van der Waals surface area contributed by atoms with E-state index in [1.807, 2.05) is 0 Å². The molecule has 0 aromatic heterocycles. The van der Waals surface area contributed by atoms with Crippen LogP contribution in [0.2, 0.25) is 0 Å². The monoisotopic (exact) mass is 225 g/mol. The van der Waals surface area contributed by atoms with Crippen LogP contribution in [0.1, 0.15) is 30.9 Å². The maximum atomic E-state index is 5.60. The number of benzene rings is 2. The third-order valence-electron chi connectivity index (χ3n) is 3.08. The molecule has 0 aliphatic heterocycles. The highest BCUT2D eigenvalue weighted by molar-refractivity contribution is 5.64. The van der Waals surface area contributed by atoms with Crippen molar-refractivity contribution in [3.63, 3.8) is 0 Å². The second-order valence-electron chi connectivity index (χ2n) is 4.68. The fourth-order valence-corrected chi connectivity index (χ4v) is 1.91. The van der Waals surface area contributed by atoms with Gasteiger partial charge < -0.3 is 5.73 Å². The third kappa shape index (κ3) is 2.75. The fourth-order valence-electron chi connectivity index (χ4n) is 1.91. The van der Waals surface area contributed by atoms with E-state index >= 15 is 0 Å². The van der Waals surface area contributed by atoms with E-state index in [4.69, 9.17) is 5.73 Å². The van der Waals surface area contributed by atoms with Crippen molar-refractivity contribution in [1.82, 2.24) is 0 Å². The van der Waals surface area contributed by atoms with Gasteiger partial charge in [0.15, 0.2) is 0 Å². The van der Waals surface area contributed by atoms with Gasteiger partial charge in [-0.05, 0) is 28.2 Å². The van der Waals surface area contributed by atoms with Crippen LogP contribution in [-0.4, -0.2) is 0 Å². The topological polar surface area (TPSA) is 26.0 Å². The number of nitrogens with two attached hydrogens (primary N) is 1. The van der Waals surface area contributed by atoms with Crippen LogP contribution in [0.3, 0.4) is 0 Å². The number of rotatable bonds is 3. The molecule has 2 N–H and O–H groups in total. The minimum Gasteiger partial charge on any atom is -0.326 e. The van der Waals surface area contributed by atoms with Gasteiger partial charge in [0.25, 0.3) is 0 Å².